The summed E-state index contributed by atoms with van der Waals surface area (Å²) in [7, 11) is -2.24. The molecule has 3 aromatic rings. The SMILES string of the molecule is CCc1ccc(-c2nc(CS(=O)(=O)C(C)C(=O)N(C)Cc3cccc(F)c3)cs2)cc1. The lowest BCUT2D eigenvalue weighted by atomic mass is 10.1. The zero-order valence-electron chi connectivity index (χ0n) is 17.7. The van der Waals surface area contributed by atoms with Gasteiger partial charge in [0.2, 0.25) is 5.91 Å². The molecule has 8 heteroatoms. The van der Waals surface area contributed by atoms with Crippen molar-refractivity contribution in [3.63, 3.8) is 0 Å². The number of aromatic nitrogens is 1. The maximum absolute atomic E-state index is 13.4. The molecule has 1 aromatic heterocycles. The van der Waals surface area contributed by atoms with Crippen LogP contribution in [0.2, 0.25) is 0 Å². The molecule has 1 atom stereocenters. The summed E-state index contributed by atoms with van der Waals surface area (Å²) < 4.78 is 39.0. The number of aryl methyl sites for hydroxylation is 1. The van der Waals surface area contributed by atoms with Crippen LogP contribution in [-0.4, -0.2) is 36.5 Å². The summed E-state index contributed by atoms with van der Waals surface area (Å²) >= 11 is 1.38. The van der Waals surface area contributed by atoms with E-state index in [0.29, 0.717) is 11.3 Å². The maximum Gasteiger partial charge on any atom is 0.240 e. The van der Waals surface area contributed by atoms with Gasteiger partial charge in [-0.05, 0) is 36.6 Å². The molecule has 0 aliphatic carbocycles. The van der Waals surface area contributed by atoms with Gasteiger partial charge in [0.25, 0.3) is 0 Å². The molecule has 0 aliphatic heterocycles. The first-order chi connectivity index (χ1) is 14.7. The Bertz CT molecular complexity index is 1160. The number of hydrogen-bond acceptors (Lipinski definition) is 5. The molecule has 2 aromatic carbocycles. The molecule has 1 unspecified atom stereocenters. The van der Waals surface area contributed by atoms with E-state index >= 15 is 0 Å². The normalized spacial score (nSPS) is 12.5. The lowest BCUT2D eigenvalue weighted by Crippen LogP contribution is -2.39. The monoisotopic (exact) mass is 460 g/mol. The molecular formula is C23H25FN2O3S2. The van der Waals surface area contributed by atoms with E-state index in [4.69, 9.17) is 0 Å². The fourth-order valence-corrected chi connectivity index (χ4v) is 5.40. The van der Waals surface area contributed by atoms with E-state index in [9.17, 15) is 17.6 Å². The second-order valence-electron chi connectivity index (χ2n) is 7.47. The first kappa shape index (κ1) is 23.1. The van der Waals surface area contributed by atoms with Crippen LogP contribution in [0.1, 0.15) is 30.7 Å². The standard InChI is InChI=1S/C23H25FN2O3S2/c1-4-17-8-10-19(11-9-17)22-25-21(14-30-22)15-31(28,29)16(2)23(27)26(3)13-18-6-5-7-20(24)12-18/h5-12,14,16H,4,13,15H2,1-3H3. The summed E-state index contributed by atoms with van der Waals surface area (Å²) in [5.74, 6) is -1.24. The first-order valence-electron chi connectivity index (χ1n) is 9.94. The Balaban J connectivity index is 1.68. The molecule has 0 spiro atoms. The number of amides is 1. The Kier molecular flexibility index (Phi) is 7.23. The van der Waals surface area contributed by atoms with Crippen molar-refractivity contribution in [1.29, 1.82) is 0 Å². The van der Waals surface area contributed by atoms with Crippen LogP contribution in [0, 0.1) is 5.82 Å². The number of hydrogen-bond donors (Lipinski definition) is 0. The Morgan fingerprint density at radius 2 is 1.87 bits per heavy atom. The number of sulfone groups is 1. The molecule has 0 fully saturated rings. The zero-order valence-corrected chi connectivity index (χ0v) is 19.3. The lowest BCUT2D eigenvalue weighted by molar-refractivity contribution is -0.129. The maximum atomic E-state index is 13.4. The summed E-state index contributed by atoms with van der Waals surface area (Å²) in [5.41, 5.74) is 3.17. The highest BCUT2D eigenvalue weighted by Gasteiger charge is 2.31. The van der Waals surface area contributed by atoms with Gasteiger partial charge in [-0.1, -0.05) is 43.3 Å². The van der Waals surface area contributed by atoms with Crippen LogP contribution in [0.5, 0.6) is 0 Å². The largest absolute Gasteiger partial charge is 0.340 e. The average molecular weight is 461 g/mol. The molecule has 0 saturated heterocycles. The molecular weight excluding hydrogens is 435 g/mol. The number of benzene rings is 2. The summed E-state index contributed by atoms with van der Waals surface area (Å²) in [6.07, 6.45) is 0.946. The van der Waals surface area contributed by atoms with Crippen molar-refractivity contribution in [3.05, 3.63) is 76.5 Å². The van der Waals surface area contributed by atoms with Gasteiger partial charge in [-0.25, -0.2) is 17.8 Å². The molecule has 1 heterocycles. The van der Waals surface area contributed by atoms with E-state index in [1.165, 1.54) is 47.9 Å². The van der Waals surface area contributed by atoms with Crippen molar-refractivity contribution < 1.29 is 17.6 Å². The average Bonchev–Trinajstić information content (AvgIpc) is 3.20. The second-order valence-corrected chi connectivity index (χ2v) is 10.6. The highest BCUT2D eigenvalue weighted by Crippen LogP contribution is 2.26. The van der Waals surface area contributed by atoms with E-state index in [2.05, 4.69) is 11.9 Å². The second kappa shape index (κ2) is 9.70. The van der Waals surface area contributed by atoms with Crippen molar-refractivity contribution in [2.75, 3.05) is 7.05 Å². The van der Waals surface area contributed by atoms with Crippen molar-refractivity contribution in [2.45, 2.75) is 37.8 Å². The van der Waals surface area contributed by atoms with E-state index in [-0.39, 0.29) is 12.3 Å². The van der Waals surface area contributed by atoms with Crippen molar-refractivity contribution in [3.8, 4) is 10.6 Å². The number of rotatable bonds is 8. The number of nitrogens with zero attached hydrogens (tertiary/aromatic N) is 2. The Morgan fingerprint density at radius 3 is 2.52 bits per heavy atom. The van der Waals surface area contributed by atoms with Gasteiger partial charge < -0.3 is 4.90 Å². The minimum Gasteiger partial charge on any atom is -0.340 e. The van der Waals surface area contributed by atoms with E-state index in [1.807, 2.05) is 24.3 Å². The van der Waals surface area contributed by atoms with Gasteiger partial charge in [-0.3, -0.25) is 4.79 Å². The molecule has 5 nitrogen and oxygen atoms in total. The molecule has 0 aliphatic rings. The molecule has 0 bridgehead atoms. The molecule has 0 N–H and O–H groups in total. The van der Waals surface area contributed by atoms with Crippen LogP contribution in [0.3, 0.4) is 0 Å². The summed E-state index contributed by atoms with van der Waals surface area (Å²) in [6.45, 7) is 3.60. The van der Waals surface area contributed by atoms with E-state index in [1.54, 1.807) is 17.5 Å². The van der Waals surface area contributed by atoms with Crippen LogP contribution in [0.25, 0.3) is 10.6 Å². The first-order valence-corrected chi connectivity index (χ1v) is 12.5. The minimum atomic E-state index is -3.76. The highest BCUT2D eigenvalue weighted by molar-refractivity contribution is 7.92. The topological polar surface area (TPSA) is 67.3 Å². The van der Waals surface area contributed by atoms with Gasteiger partial charge in [-0.2, -0.15) is 0 Å². The molecule has 31 heavy (non-hydrogen) atoms. The Morgan fingerprint density at radius 1 is 1.16 bits per heavy atom. The van der Waals surface area contributed by atoms with E-state index < -0.39 is 26.8 Å². The van der Waals surface area contributed by atoms with Gasteiger partial charge in [0.15, 0.2) is 9.84 Å². The van der Waals surface area contributed by atoms with E-state index in [0.717, 1.165) is 17.0 Å². The van der Waals surface area contributed by atoms with Crippen LogP contribution < -0.4 is 0 Å². The Hall–Kier alpha value is -2.58. The van der Waals surface area contributed by atoms with Crippen LogP contribution in [-0.2, 0) is 33.4 Å². The third kappa shape index (κ3) is 5.77. The van der Waals surface area contributed by atoms with Crippen LogP contribution >= 0.6 is 11.3 Å². The Labute approximate surface area is 186 Å². The smallest absolute Gasteiger partial charge is 0.240 e. The summed E-state index contributed by atoms with van der Waals surface area (Å²) in [6, 6.07) is 13.9. The van der Waals surface area contributed by atoms with Crippen molar-refractivity contribution in [1.82, 2.24) is 9.88 Å². The fraction of sp³-hybridized carbons (Fsp3) is 0.304. The number of thiazole rings is 1. The predicted molar refractivity (Wildman–Crippen MR) is 122 cm³/mol. The van der Waals surface area contributed by atoms with Gasteiger partial charge in [-0.15, -0.1) is 11.3 Å². The van der Waals surface area contributed by atoms with Crippen molar-refractivity contribution in [2.24, 2.45) is 0 Å². The molecule has 1 amide bonds. The quantitative estimate of drug-likeness (QED) is 0.497. The zero-order chi connectivity index (χ0) is 22.6. The van der Waals surface area contributed by atoms with Gasteiger partial charge >= 0.3 is 0 Å². The number of carbonyl (C=O) groups is 1. The number of halogens is 1. The third-order valence-corrected chi connectivity index (χ3v) is 8.00. The van der Waals surface area contributed by atoms with Gasteiger partial charge in [0.1, 0.15) is 16.1 Å². The van der Waals surface area contributed by atoms with Crippen molar-refractivity contribution >= 4 is 27.1 Å². The number of carbonyl (C=O) groups excluding carboxylic acids is 1. The fourth-order valence-electron chi connectivity index (χ4n) is 3.17. The van der Waals surface area contributed by atoms with Crippen LogP contribution in [0.15, 0.2) is 53.9 Å². The lowest BCUT2D eigenvalue weighted by Gasteiger charge is -2.21. The molecule has 164 valence electrons. The summed E-state index contributed by atoms with van der Waals surface area (Å²) in [5, 5.41) is 1.24. The minimum absolute atomic E-state index is 0.130. The van der Waals surface area contributed by atoms with Gasteiger partial charge in [0, 0.05) is 24.5 Å². The van der Waals surface area contributed by atoms with Crippen LogP contribution in [0.4, 0.5) is 4.39 Å². The predicted octanol–water partition coefficient (Wildman–Crippen LogP) is 4.47. The third-order valence-electron chi connectivity index (χ3n) is 5.08. The summed E-state index contributed by atoms with van der Waals surface area (Å²) in [4.78, 5) is 18.5. The molecule has 0 saturated carbocycles. The molecule has 0 radical (unpaired) electrons. The molecule has 3 rings (SSSR count). The highest BCUT2D eigenvalue weighted by atomic mass is 32.2. The van der Waals surface area contributed by atoms with Gasteiger partial charge in [0.05, 0.1) is 11.4 Å².